The lowest BCUT2D eigenvalue weighted by Crippen LogP contribution is -2.44. The van der Waals surface area contributed by atoms with Gasteiger partial charge in [0, 0.05) is 37.4 Å². The van der Waals surface area contributed by atoms with E-state index in [9.17, 15) is 9.59 Å². The van der Waals surface area contributed by atoms with Crippen LogP contribution < -0.4 is 5.32 Å². The Labute approximate surface area is 125 Å². The van der Waals surface area contributed by atoms with Crippen LogP contribution in [-0.4, -0.2) is 41.0 Å². The quantitative estimate of drug-likeness (QED) is 0.891. The number of aliphatic hydroxyl groups excluding tert-OH is 1. The molecular formula is C16H22N2O3. The van der Waals surface area contributed by atoms with Crippen molar-refractivity contribution >= 4 is 17.5 Å². The maximum atomic E-state index is 12.6. The largest absolute Gasteiger partial charge is 0.396 e. The molecule has 1 heterocycles. The first-order valence-corrected chi connectivity index (χ1v) is 7.41. The minimum Gasteiger partial charge on any atom is -0.396 e. The molecular weight excluding hydrogens is 268 g/mol. The van der Waals surface area contributed by atoms with E-state index in [1.54, 1.807) is 24.3 Å². The fourth-order valence-electron chi connectivity index (χ4n) is 2.78. The van der Waals surface area contributed by atoms with Crippen molar-refractivity contribution in [3.63, 3.8) is 0 Å². The lowest BCUT2D eigenvalue weighted by atomic mass is 9.98. The van der Waals surface area contributed by atoms with Crippen LogP contribution in [0.15, 0.2) is 24.3 Å². The van der Waals surface area contributed by atoms with Gasteiger partial charge in [0.25, 0.3) is 5.91 Å². The van der Waals surface area contributed by atoms with Crippen molar-refractivity contribution in [2.75, 3.05) is 18.5 Å². The van der Waals surface area contributed by atoms with Gasteiger partial charge in [0.15, 0.2) is 0 Å². The molecule has 1 atom stereocenters. The number of nitrogens with one attached hydrogen (secondary N) is 1. The number of benzene rings is 1. The van der Waals surface area contributed by atoms with Gasteiger partial charge in [-0.15, -0.1) is 0 Å². The fourth-order valence-corrected chi connectivity index (χ4v) is 2.78. The Hall–Kier alpha value is -1.88. The summed E-state index contributed by atoms with van der Waals surface area (Å²) in [5.41, 5.74) is 1.30. The molecule has 5 heteroatoms. The highest BCUT2D eigenvalue weighted by Crippen LogP contribution is 2.22. The second-order valence-corrected chi connectivity index (χ2v) is 5.42. The maximum absolute atomic E-state index is 12.6. The van der Waals surface area contributed by atoms with Gasteiger partial charge in [-0.1, -0.05) is 0 Å². The van der Waals surface area contributed by atoms with Crippen LogP contribution in [0.1, 0.15) is 43.0 Å². The lowest BCUT2D eigenvalue weighted by Gasteiger charge is -2.35. The number of hydrogen-bond acceptors (Lipinski definition) is 3. The van der Waals surface area contributed by atoms with Crippen LogP contribution in [0.3, 0.4) is 0 Å². The molecule has 2 rings (SSSR count). The smallest absolute Gasteiger partial charge is 0.254 e. The van der Waals surface area contributed by atoms with Crippen LogP contribution in [0.4, 0.5) is 5.69 Å². The van der Waals surface area contributed by atoms with E-state index >= 15 is 0 Å². The van der Waals surface area contributed by atoms with Crippen molar-refractivity contribution in [1.29, 1.82) is 0 Å². The first-order chi connectivity index (χ1) is 10.1. The third kappa shape index (κ3) is 4.04. The second-order valence-electron chi connectivity index (χ2n) is 5.42. The van der Waals surface area contributed by atoms with E-state index in [0.717, 1.165) is 25.8 Å². The van der Waals surface area contributed by atoms with Gasteiger partial charge in [-0.3, -0.25) is 9.59 Å². The van der Waals surface area contributed by atoms with E-state index in [2.05, 4.69) is 5.32 Å². The molecule has 1 aliphatic rings. The third-order valence-electron chi connectivity index (χ3n) is 3.80. The van der Waals surface area contributed by atoms with Crippen LogP contribution in [0, 0.1) is 0 Å². The van der Waals surface area contributed by atoms with E-state index in [1.807, 2.05) is 4.90 Å². The van der Waals surface area contributed by atoms with Gasteiger partial charge in [-0.2, -0.15) is 0 Å². The van der Waals surface area contributed by atoms with Crippen molar-refractivity contribution < 1.29 is 14.7 Å². The molecule has 2 amide bonds. The number of aliphatic hydroxyl groups is 1. The zero-order valence-electron chi connectivity index (χ0n) is 12.3. The van der Waals surface area contributed by atoms with Crippen molar-refractivity contribution in [1.82, 2.24) is 4.90 Å². The van der Waals surface area contributed by atoms with E-state index < -0.39 is 0 Å². The van der Waals surface area contributed by atoms with Gasteiger partial charge in [0.1, 0.15) is 0 Å². The molecule has 1 unspecified atom stereocenters. The van der Waals surface area contributed by atoms with Crippen LogP contribution in [0.2, 0.25) is 0 Å². The highest BCUT2D eigenvalue weighted by Gasteiger charge is 2.26. The van der Waals surface area contributed by atoms with Crippen molar-refractivity contribution in [2.45, 2.75) is 38.6 Å². The number of nitrogens with zero attached hydrogens (tertiary/aromatic N) is 1. The van der Waals surface area contributed by atoms with Crippen LogP contribution in [0.5, 0.6) is 0 Å². The highest BCUT2D eigenvalue weighted by molar-refractivity contribution is 5.95. The van der Waals surface area contributed by atoms with Gasteiger partial charge < -0.3 is 15.3 Å². The number of piperidine rings is 1. The molecule has 114 valence electrons. The Balaban J connectivity index is 2.08. The molecule has 5 nitrogen and oxygen atoms in total. The Morgan fingerprint density at radius 3 is 2.62 bits per heavy atom. The van der Waals surface area contributed by atoms with E-state index in [4.69, 9.17) is 5.11 Å². The predicted octanol–water partition coefficient (Wildman–Crippen LogP) is 2.02. The van der Waals surface area contributed by atoms with Crippen molar-refractivity contribution in [3.8, 4) is 0 Å². The van der Waals surface area contributed by atoms with Gasteiger partial charge in [0.05, 0.1) is 0 Å². The normalized spacial score (nSPS) is 18.4. The summed E-state index contributed by atoms with van der Waals surface area (Å²) in [7, 11) is 0. The lowest BCUT2D eigenvalue weighted by molar-refractivity contribution is -0.114. The van der Waals surface area contributed by atoms with Crippen molar-refractivity contribution in [3.05, 3.63) is 29.8 Å². The molecule has 0 saturated carbocycles. The molecule has 0 aliphatic carbocycles. The second kappa shape index (κ2) is 7.22. The van der Waals surface area contributed by atoms with Crippen LogP contribution in [-0.2, 0) is 4.79 Å². The molecule has 2 N–H and O–H groups in total. The van der Waals surface area contributed by atoms with E-state index in [1.165, 1.54) is 6.92 Å². The topological polar surface area (TPSA) is 69.6 Å². The SMILES string of the molecule is CC(=O)Nc1ccc(C(=O)N2CCCCC2CCO)cc1. The molecule has 21 heavy (non-hydrogen) atoms. The van der Waals surface area contributed by atoms with Crippen LogP contribution in [0.25, 0.3) is 0 Å². The molecule has 0 radical (unpaired) electrons. The van der Waals surface area contributed by atoms with Crippen molar-refractivity contribution in [2.24, 2.45) is 0 Å². The van der Waals surface area contributed by atoms with E-state index in [-0.39, 0.29) is 24.5 Å². The number of hydrogen-bond donors (Lipinski definition) is 2. The maximum Gasteiger partial charge on any atom is 0.254 e. The molecule has 1 aliphatic heterocycles. The Morgan fingerprint density at radius 2 is 2.00 bits per heavy atom. The summed E-state index contributed by atoms with van der Waals surface area (Å²) >= 11 is 0. The van der Waals surface area contributed by atoms with Crippen LogP contribution >= 0.6 is 0 Å². The van der Waals surface area contributed by atoms with E-state index in [0.29, 0.717) is 17.7 Å². The molecule has 0 spiro atoms. The summed E-state index contributed by atoms with van der Waals surface area (Å²) in [6, 6.07) is 7.07. The number of carbonyl (C=O) groups excluding carboxylic acids is 2. The van der Waals surface area contributed by atoms with Gasteiger partial charge >= 0.3 is 0 Å². The zero-order valence-corrected chi connectivity index (χ0v) is 12.3. The summed E-state index contributed by atoms with van der Waals surface area (Å²) in [5, 5.41) is 11.8. The fraction of sp³-hybridized carbons (Fsp3) is 0.500. The first kappa shape index (κ1) is 15.5. The first-order valence-electron chi connectivity index (χ1n) is 7.41. The Morgan fingerprint density at radius 1 is 1.29 bits per heavy atom. The summed E-state index contributed by atoms with van der Waals surface area (Å²) in [4.78, 5) is 25.4. The zero-order chi connectivity index (χ0) is 15.2. The van der Waals surface area contributed by atoms with Gasteiger partial charge in [0.2, 0.25) is 5.91 Å². The third-order valence-corrected chi connectivity index (χ3v) is 3.80. The number of anilines is 1. The standard InChI is InChI=1S/C16H22N2O3/c1-12(20)17-14-7-5-13(6-8-14)16(21)18-10-3-2-4-15(18)9-11-19/h5-8,15,19H,2-4,9-11H2,1H3,(H,17,20). The molecule has 1 aromatic carbocycles. The molecule has 1 aromatic rings. The molecule has 1 saturated heterocycles. The molecule has 0 aromatic heterocycles. The monoisotopic (exact) mass is 290 g/mol. The molecule has 0 bridgehead atoms. The summed E-state index contributed by atoms with van der Waals surface area (Å²) in [5.74, 6) is -0.129. The average molecular weight is 290 g/mol. The predicted molar refractivity (Wildman–Crippen MR) is 81.1 cm³/mol. The molecule has 1 fully saturated rings. The average Bonchev–Trinajstić information content (AvgIpc) is 2.48. The van der Waals surface area contributed by atoms with Gasteiger partial charge in [-0.25, -0.2) is 0 Å². The Bertz CT molecular complexity index is 497. The minimum absolute atomic E-state index is 0.00234. The number of rotatable bonds is 4. The highest BCUT2D eigenvalue weighted by atomic mass is 16.3. The summed E-state index contributed by atoms with van der Waals surface area (Å²) in [6.07, 6.45) is 3.71. The Kier molecular flexibility index (Phi) is 5.33. The van der Waals surface area contributed by atoms with Gasteiger partial charge in [-0.05, 0) is 49.9 Å². The number of carbonyl (C=O) groups is 2. The number of likely N-dealkylation sites (tertiary alicyclic amines) is 1. The summed E-state index contributed by atoms with van der Waals surface area (Å²) < 4.78 is 0. The minimum atomic E-state index is -0.131. The number of amides is 2. The summed E-state index contributed by atoms with van der Waals surface area (Å²) in [6.45, 7) is 2.30.